The Morgan fingerprint density at radius 1 is 1.00 bits per heavy atom. The summed E-state index contributed by atoms with van der Waals surface area (Å²) in [7, 11) is 0. The fourth-order valence-electron chi connectivity index (χ4n) is 6.05. The lowest BCUT2D eigenvalue weighted by Gasteiger charge is -2.37. The van der Waals surface area contributed by atoms with Crippen LogP contribution in [0.25, 0.3) is 0 Å². The predicted octanol–water partition coefficient (Wildman–Crippen LogP) is 3.96. The summed E-state index contributed by atoms with van der Waals surface area (Å²) in [4.78, 5) is 36.6. The third-order valence-corrected chi connectivity index (χ3v) is 7.77. The number of imide groups is 1. The summed E-state index contributed by atoms with van der Waals surface area (Å²) in [5.41, 5.74) is 1.47. The van der Waals surface area contributed by atoms with Crippen molar-refractivity contribution < 1.29 is 24.0 Å². The van der Waals surface area contributed by atoms with Crippen LogP contribution >= 0.6 is 0 Å². The van der Waals surface area contributed by atoms with Crippen LogP contribution in [0.2, 0.25) is 0 Å². The van der Waals surface area contributed by atoms with Crippen molar-refractivity contribution in [3.63, 3.8) is 0 Å². The van der Waals surface area contributed by atoms with E-state index < -0.39 is 4.92 Å². The van der Waals surface area contributed by atoms with Crippen molar-refractivity contribution in [1.29, 1.82) is 0 Å². The molecule has 36 heavy (non-hydrogen) atoms. The molecule has 5 aliphatic rings. The van der Waals surface area contributed by atoms with Gasteiger partial charge in [-0.1, -0.05) is 12.2 Å². The zero-order chi connectivity index (χ0) is 25.0. The maximum Gasteiger partial charge on any atom is 0.269 e. The minimum absolute atomic E-state index is 0.0207. The summed E-state index contributed by atoms with van der Waals surface area (Å²) in [6.07, 6.45) is 6.91. The number of hydrogen-bond donors (Lipinski definition) is 0. The van der Waals surface area contributed by atoms with E-state index in [1.807, 2.05) is 6.92 Å². The van der Waals surface area contributed by atoms with Crippen molar-refractivity contribution in [2.75, 3.05) is 6.61 Å². The summed E-state index contributed by atoms with van der Waals surface area (Å²) in [6, 6.07) is 11.4. The second-order valence-corrected chi connectivity index (χ2v) is 9.74. The van der Waals surface area contributed by atoms with Gasteiger partial charge in [-0.15, -0.1) is 0 Å². The molecule has 2 bridgehead atoms. The van der Waals surface area contributed by atoms with Gasteiger partial charge in [0.1, 0.15) is 6.61 Å². The highest BCUT2D eigenvalue weighted by Gasteiger charge is 2.67. The van der Waals surface area contributed by atoms with Crippen LogP contribution in [-0.4, -0.2) is 34.6 Å². The molecule has 3 fully saturated rings. The quantitative estimate of drug-likeness (QED) is 0.183. The maximum absolute atomic E-state index is 13.1. The van der Waals surface area contributed by atoms with Gasteiger partial charge in [-0.2, -0.15) is 10.1 Å². The highest BCUT2D eigenvalue weighted by atomic mass is 16.6. The summed E-state index contributed by atoms with van der Waals surface area (Å²) in [5.74, 6) is 1.50. The molecule has 0 N–H and O–H groups in total. The summed E-state index contributed by atoms with van der Waals surface area (Å²) in [6.45, 7) is 2.49. The third-order valence-electron chi connectivity index (χ3n) is 7.77. The molecule has 0 spiro atoms. The highest BCUT2D eigenvalue weighted by molar-refractivity contribution is 6.06. The van der Waals surface area contributed by atoms with E-state index in [9.17, 15) is 19.7 Å². The minimum atomic E-state index is -0.446. The van der Waals surface area contributed by atoms with E-state index in [0.717, 1.165) is 17.0 Å². The Balaban J connectivity index is 1.16. The van der Waals surface area contributed by atoms with Gasteiger partial charge in [0, 0.05) is 12.1 Å². The summed E-state index contributed by atoms with van der Waals surface area (Å²) < 4.78 is 11.6. The molecule has 4 aliphatic carbocycles. The number of carbonyl (C=O) groups excluding carboxylic acids is 2. The van der Waals surface area contributed by atoms with Gasteiger partial charge in [0.15, 0.2) is 11.5 Å². The van der Waals surface area contributed by atoms with Gasteiger partial charge in [-0.3, -0.25) is 19.7 Å². The smallest absolute Gasteiger partial charge is 0.269 e. The Labute approximate surface area is 207 Å². The molecule has 7 rings (SSSR count). The highest BCUT2D eigenvalue weighted by Crippen LogP contribution is 2.65. The predicted molar refractivity (Wildman–Crippen MR) is 129 cm³/mol. The second-order valence-electron chi connectivity index (χ2n) is 9.74. The molecule has 9 heteroatoms. The molecule has 2 amide bonds. The van der Waals surface area contributed by atoms with Crippen LogP contribution in [0.4, 0.5) is 5.69 Å². The summed E-state index contributed by atoms with van der Waals surface area (Å²) in [5, 5.41) is 16.2. The minimum Gasteiger partial charge on any atom is -0.490 e. The van der Waals surface area contributed by atoms with Gasteiger partial charge in [-0.25, -0.2) is 0 Å². The van der Waals surface area contributed by atoms with E-state index in [4.69, 9.17) is 9.47 Å². The molecule has 1 saturated heterocycles. The summed E-state index contributed by atoms with van der Waals surface area (Å²) >= 11 is 0. The number of amides is 2. The molecule has 9 nitrogen and oxygen atoms in total. The van der Waals surface area contributed by atoms with Crippen molar-refractivity contribution in [2.24, 2.45) is 40.6 Å². The van der Waals surface area contributed by atoms with Crippen LogP contribution in [0.15, 0.2) is 59.7 Å². The van der Waals surface area contributed by atoms with Crippen LogP contribution < -0.4 is 9.47 Å². The van der Waals surface area contributed by atoms with E-state index in [1.54, 1.807) is 30.3 Å². The Morgan fingerprint density at radius 2 is 1.67 bits per heavy atom. The monoisotopic (exact) mass is 487 g/mol. The number of nitro groups is 1. The van der Waals surface area contributed by atoms with Gasteiger partial charge in [0.2, 0.25) is 0 Å². The molecular formula is C27H25N3O6. The average molecular weight is 488 g/mol. The zero-order valence-corrected chi connectivity index (χ0v) is 19.7. The first-order valence-corrected chi connectivity index (χ1v) is 12.2. The normalized spacial score (nSPS) is 29.4. The van der Waals surface area contributed by atoms with Gasteiger partial charge in [0.05, 0.1) is 29.6 Å². The molecule has 1 aliphatic heterocycles. The lowest BCUT2D eigenvalue weighted by molar-refractivity contribution is -0.384. The van der Waals surface area contributed by atoms with Gasteiger partial charge < -0.3 is 9.47 Å². The number of benzene rings is 2. The molecule has 184 valence electrons. The van der Waals surface area contributed by atoms with Crippen molar-refractivity contribution >= 4 is 23.7 Å². The fraction of sp³-hybridized carbons (Fsp3) is 0.370. The Kier molecular flexibility index (Phi) is 5.35. The lowest BCUT2D eigenvalue weighted by Crippen LogP contribution is -2.40. The first kappa shape index (κ1) is 22.5. The fourth-order valence-corrected chi connectivity index (χ4v) is 6.05. The number of carbonyl (C=O) groups is 2. The molecule has 2 aromatic rings. The lowest BCUT2D eigenvalue weighted by atomic mass is 9.63. The standard InChI is InChI=1S/C27H25N3O6/c1-2-35-23-11-16(5-10-22(23)36-14-15-3-6-17(7-4-15)30(33)34)13-28-29-26(31)24-18-8-9-19(21-12-20(18)21)25(24)27(29)32/h3-11,13,18-21,24-25H,2,12,14H2,1H3/b28-13-/t18-,19-,20-,21+,24+,25+/m0/s1. The topological polar surface area (TPSA) is 111 Å². The molecule has 0 aromatic heterocycles. The number of hydrazone groups is 1. The number of nitrogens with zero attached hydrogens (tertiary/aromatic N) is 3. The van der Waals surface area contributed by atoms with Crippen molar-refractivity contribution in [3.05, 3.63) is 75.9 Å². The van der Waals surface area contributed by atoms with Crippen LogP contribution in [-0.2, 0) is 16.2 Å². The second kappa shape index (κ2) is 8.58. The maximum atomic E-state index is 13.1. The number of nitro benzene ring substituents is 1. The Bertz CT molecular complexity index is 1270. The average Bonchev–Trinajstić information content (AvgIpc) is 3.67. The Morgan fingerprint density at radius 3 is 2.28 bits per heavy atom. The van der Waals surface area contributed by atoms with E-state index in [1.165, 1.54) is 18.3 Å². The molecule has 1 heterocycles. The number of allylic oxidation sites excluding steroid dienone is 2. The molecule has 0 radical (unpaired) electrons. The van der Waals surface area contributed by atoms with E-state index in [-0.39, 0.29) is 47.8 Å². The van der Waals surface area contributed by atoms with Crippen molar-refractivity contribution in [3.8, 4) is 11.5 Å². The number of ether oxygens (including phenoxy) is 2. The number of non-ortho nitro benzene ring substituents is 1. The molecule has 6 atom stereocenters. The molecule has 0 unspecified atom stereocenters. The largest absolute Gasteiger partial charge is 0.490 e. The Hall–Kier alpha value is -4.01. The molecule has 2 aromatic carbocycles. The first-order chi connectivity index (χ1) is 17.5. The van der Waals surface area contributed by atoms with E-state index in [0.29, 0.717) is 35.5 Å². The zero-order valence-electron chi connectivity index (χ0n) is 19.7. The first-order valence-electron chi connectivity index (χ1n) is 12.2. The molecular weight excluding hydrogens is 462 g/mol. The van der Waals surface area contributed by atoms with Gasteiger partial charge >= 0.3 is 0 Å². The van der Waals surface area contributed by atoms with Crippen molar-refractivity contribution in [1.82, 2.24) is 5.01 Å². The van der Waals surface area contributed by atoms with Crippen LogP contribution in [0, 0.1) is 45.6 Å². The molecule has 2 saturated carbocycles. The van der Waals surface area contributed by atoms with Crippen LogP contribution in [0.5, 0.6) is 11.5 Å². The third kappa shape index (κ3) is 3.66. The van der Waals surface area contributed by atoms with E-state index in [2.05, 4.69) is 17.3 Å². The van der Waals surface area contributed by atoms with Crippen LogP contribution in [0.3, 0.4) is 0 Å². The van der Waals surface area contributed by atoms with Crippen molar-refractivity contribution in [2.45, 2.75) is 20.0 Å². The van der Waals surface area contributed by atoms with E-state index >= 15 is 0 Å². The van der Waals surface area contributed by atoms with Gasteiger partial charge in [0.25, 0.3) is 17.5 Å². The van der Waals surface area contributed by atoms with Gasteiger partial charge in [-0.05, 0) is 78.5 Å². The van der Waals surface area contributed by atoms with Crippen LogP contribution in [0.1, 0.15) is 24.5 Å². The number of rotatable bonds is 8. The number of hydrogen-bond acceptors (Lipinski definition) is 7. The SMILES string of the molecule is CCOc1cc(/C=N\N2C(=O)[C@@H]3[C@H]4C=C[C@@H]([C@@H]5C[C@H]45)[C@H]3C2=O)ccc1OCc1ccc([N+](=O)[O-])cc1.